The molecule has 7 heteroatoms. The molecule has 1 saturated heterocycles. The summed E-state index contributed by atoms with van der Waals surface area (Å²) in [4.78, 5) is 6.84. The molecular weight excluding hydrogens is 292 g/mol. The van der Waals surface area contributed by atoms with Gasteiger partial charge in [0.2, 0.25) is 11.8 Å². The minimum absolute atomic E-state index is 0.0682. The fourth-order valence-electron chi connectivity index (χ4n) is 4.46. The molecule has 23 heavy (non-hydrogen) atoms. The lowest BCUT2D eigenvalue weighted by Gasteiger charge is -2.24. The Labute approximate surface area is 135 Å². The van der Waals surface area contributed by atoms with E-state index in [0.717, 1.165) is 37.2 Å². The molecule has 5 rings (SSSR count). The highest BCUT2D eigenvalue weighted by atomic mass is 16.4. The number of rotatable bonds is 4. The molecule has 0 bridgehead atoms. The average Bonchev–Trinajstić information content (AvgIpc) is 2.91. The largest absolute Gasteiger partial charge is 0.424 e. The third-order valence-electron chi connectivity index (χ3n) is 5.90. The van der Waals surface area contributed by atoms with Crippen LogP contribution in [0, 0.1) is 5.92 Å². The number of fused-ring (bicyclic) bond motifs is 1. The van der Waals surface area contributed by atoms with Crippen molar-refractivity contribution in [3.63, 3.8) is 0 Å². The number of hydrogen-bond acceptors (Lipinski definition) is 6. The Hall–Kier alpha value is -1.76. The number of aryl methyl sites for hydroxylation is 1. The van der Waals surface area contributed by atoms with E-state index in [1.807, 2.05) is 11.7 Å². The molecule has 0 N–H and O–H groups in total. The van der Waals surface area contributed by atoms with E-state index in [1.54, 1.807) is 6.33 Å². The minimum Gasteiger partial charge on any atom is -0.424 e. The summed E-state index contributed by atoms with van der Waals surface area (Å²) in [6, 6.07) is 0. The summed E-state index contributed by atoms with van der Waals surface area (Å²) in [7, 11) is 1.95. The van der Waals surface area contributed by atoms with Gasteiger partial charge in [0, 0.05) is 26.1 Å². The summed E-state index contributed by atoms with van der Waals surface area (Å²) in [5, 5.41) is 13.0. The molecule has 3 heterocycles. The highest BCUT2D eigenvalue weighted by Gasteiger charge is 2.54. The molecule has 0 radical (unpaired) electrons. The second-order valence-electron chi connectivity index (χ2n) is 7.43. The first-order valence-corrected chi connectivity index (χ1v) is 8.64. The summed E-state index contributed by atoms with van der Waals surface area (Å²) in [6.45, 7) is 2.93. The second-order valence-corrected chi connectivity index (χ2v) is 7.43. The molecular formula is C16H22N6O. The maximum absolute atomic E-state index is 6.12. The Bertz CT molecular complexity index is 720. The van der Waals surface area contributed by atoms with Crippen LogP contribution >= 0.6 is 0 Å². The first-order valence-electron chi connectivity index (χ1n) is 8.64. The lowest BCUT2D eigenvalue weighted by atomic mass is 9.80. The predicted molar refractivity (Wildman–Crippen MR) is 81.6 cm³/mol. The molecule has 0 amide bonds. The first-order chi connectivity index (χ1) is 11.2. The molecule has 2 saturated carbocycles. The molecule has 122 valence electrons. The maximum Gasteiger partial charge on any atom is 0.224 e. The average molecular weight is 314 g/mol. The van der Waals surface area contributed by atoms with Gasteiger partial charge in [-0.15, -0.1) is 10.2 Å². The smallest absolute Gasteiger partial charge is 0.224 e. The number of nitrogens with zero attached hydrogens (tertiary/aromatic N) is 6. The van der Waals surface area contributed by atoms with Crippen LogP contribution < -0.4 is 0 Å². The van der Waals surface area contributed by atoms with Gasteiger partial charge in [-0.2, -0.15) is 5.10 Å². The maximum atomic E-state index is 6.12. The van der Waals surface area contributed by atoms with Crippen LogP contribution in [-0.2, 0) is 19.0 Å². The van der Waals surface area contributed by atoms with Crippen LogP contribution in [0.25, 0.3) is 0 Å². The lowest BCUT2D eigenvalue weighted by Crippen LogP contribution is -2.32. The van der Waals surface area contributed by atoms with Gasteiger partial charge in [-0.1, -0.05) is 6.42 Å². The Morgan fingerprint density at radius 3 is 3.00 bits per heavy atom. The van der Waals surface area contributed by atoms with Crippen LogP contribution in [0.4, 0.5) is 0 Å². The van der Waals surface area contributed by atoms with Crippen molar-refractivity contribution in [2.24, 2.45) is 13.0 Å². The van der Waals surface area contributed by atoms with Gasteiger partial charge in [-0.05, 0) is 31.6 Å². The standard InChI is InChI=1S/C16H22N6O/c1-21-13(17-10-18-21)8-22-7-12-3-2-6-16(12,9-22)15-20-19-14(23-15)11-4-5-11/h10-12H,2-9H2,1H3/t12-,16-/m0/s1. The minimum atomic E-state index is 0.0682. The van der Waals surface area contributed by atoms with Gasteiger partial charge in [0.25, 0.3) is 0 Å². The van der Waals surface area contributed by atoms with E-state index < -0.39 is 0 Å². The fraction of sp³-hybridized carbons (Fsp3) is 0.750. The SMILES string of the molecule is Cn1ncnc1CN1C[C@@H]2CCC[C@]2(c2nnc(C3CC3)o2)C1. The van der Waals surface area contributed by atoms with Crippen molar-refractivity contribution in [3.05, 3.63) is 23.9 Å². The molecule has 1 aliphatic heterocycles. The summed E-state index contributed by atoms with van der Waals surface area (Å²) >= 11 is 0. The van der Waals surface area contributed by atoms with E-state index >= 15 is 0 Å². The van der Waals surface area contributed by atoms with E-state index in [0.29, 0.717) is 11.8 Å². The fourth-order valence-corrected chi connectivity index (χ4v) is 4.46. The Morgan fingerprint density at radius 1 is 1.30 bits per heavy atom. The highest BCUT2D eigenvalue weighted by molar-refractivity contribution is 5.17. The molecule has 0 aromatic carbocycles. The number of likely N-dealkylation sites (tertiary alicyclic amines) is 1. The van der Waals surface area contributed by atoms with E-state index in [-0.39, 0.29) is 5.41 Å². The van der Waals surface area contributed by atoms with Gasteiger partial charge < -0.3 is 4.42 Å². The van der Waals surface area contributed by atoms with Crippen molar-refractivity contribution in [2.45, 2.75) is 50.0 Å². The van der Waals surface area contributed by atoms with Crippen LogP contribution in [0.2, 0.25) is 0 Å². The van der Waals surface area contributed by atoms with Gasteiger partial charge in [0.15, 0.2) is 0 Å². The Balaban J connectivity index is 1.40. The van der Waals surface area contributed by atoms with Crippen LogP contribution in [0.1, 0.15) is 55.6 Å². The molecule has 2 atom stereocenters. The van der Waals surface area contributed by atoms with Gasteiger partial charge >= 0.3 is 0 Å². The van der Waals surface area contributed by atoms with Crippen molar-refractivity contribution in [2.75, 3.05) is 13.1 Å². The number of hydrogen-bond donors (Lipinski definition) is 0. The van der Waals surface area contributed by atoms with Gasteiger partial charge in [0.1, 0.15) is 12.2 Å². The summed E-state index contributed by atoms with van der Waals surface area (Å²) < 4.78 is 7.98. The third kappa shape index (κ3) is 2.13. The van der Waals surface area contributed by atoms with Crippen LogP contribution in [0.5, 0.6) is 0 Å². The lowest BCUT2D eigenvalue weighted by molar-refractivity contribution is 0.258. The molecule has 2 aromatic heterocycles. The van der Waals surface area contributed by atoms with Gasteiger partial charge in [-0.3, -0.25) is 9.58 Å². The normalized spacial score (nSPS) is 30.9. The topological polar surface area (TPSA) is 72.9 Å². The van der Waals surface area contributed by atoms with Crippen LogP contribution in [-0.4, -0.2) is 43.0 Å². The molecule has 3 fully saturated rings. The highest BCUT2D eigenvalue weighted by Crippen LogP contribution is 2.51. The molecule has 7 nitrogen and oxygen atoms in total. The first kappa shape index (κ1) is 13.7. The molecule has 0 spiro atoms. The van der Waals surface area contributed by atoms with Crippen LogP contribution in [0.15, 0.2) is 10.7 Å². The summed E-state index contributed by atoms with van der Waals surface area (Å²) in [5.41, 5.74) is 0.0682. The van der Waals surface area contributed by atoms with Gasteiger partial charge in [-0.25, -0.2) is 4.98 Å². The number of aromatic nitrogens is 5. The van der Waals surface area contributed by atoms with Crippen molar-refractivity contribution in [1.82, 2.24) is 29.9 Å². The zero-order valence-corrected chi connectivity index (χ0v) is 13.5. The van der Waals surface area contributed by atoms with Crippen molar-refractivity contribution in [1.29, 1.82) is 0 Å². The van der Waals surface area contributed by atoms with Crippen molar-refractivity contribution >= 4 is 0 Å². The zero-order chi connectivity index (χ0) is 15.4. The van der Waals surface area contributed by atoms with Crippen LogP contribution in [0.3, 0.4) is 0 Å². The summed E-state index contributed by atoms with van der Waals surface area (Å²) in [5.74, 6) is 3.94. The Kier molecular flexibility index (Phi) is 2.89. The molecule has 2 aliphatic carbocycles. The zero-order valence-electron chi connectivity index (χ0n) is 13.5. The third-order valence-corrected chi connectivity index (χ3v) is 5.90. The second kappa shape index (κ2) is 4.87. The Morgan fingerprint density at radius 2 is 2.22 bits per heavy atom. The van der Waals surface area contributed by atoms with E-state index in [4.69, 9.17) is 4.42 Å². The van der Waals surface area contributed by atoms with E-state index in [2.05, 4.69) is 25.2 Å². The van der Waals surface area contributed by atoms with E-state index in [9.17, 15) is 0 Å². The van der Waals surface area contributed by atoms with Crippen molar-refractivity contribution < 1.29 is 4.42 Å². The molecule has 3 aliphatic rings. The van der Waals surface area contributed by atoms with Crippen molar-refractivity contribution in [3.8, 4) is 0 Å². The molecule has 0 unspecified atom stereocenters. The summed E-state index contributed by atoms with van der Waals surface area (Å²) in [6.07, 6.45) is 7.73. The van der Waals surface area contributed by atoms with E-state index in [1.165, 1.54) is 32.1 Å². The monoisotopic (exact) mass is 314 g/mol. The molecule has 2 aromatic rings. The predicted octanol–water partition coefficient (Wildman–Crippen LogP) is 1.63. The quantitative estimate of drug-likeness (QED) is 0.854. The van der Waals surface area contributed by atoms with Gasteiger partial charge in [0.05, 0.1) is 12.0 Å².